The van der Waals surface area contributed by atoms with Gasteiger partial charge in [-0.2, -0.15) is 0 Å². The lowest BCUT2D eigenvalue weighted by Gasteiger charge is -2.12. The van der Waals surface area contributed by atoms with Gasteiger partial charge in [-0.25, -0.2) is 4.39 Å². The van der Waals surface area contributed by atoms with E-state index in [1.807, 2.05) is 0 Å². The Morgan fingerprint density at radius 3 is 2.73 bits per heavy atom. The molecule has 2 N–H and O–H groups in total. The molecule has 15 heavy (non-hydrogen) atoms. The minimum Gasteiger partial charge on any atom is -0.396 e. The molecule has 3 nitrogen and oxygen atoms in total. The Kier molecular flexibility index (Phi) is 4.24. The first-order valence-electron chi connectivity index (χ1n) is 4.85. The number of halogens is 1. The number of aliphatic hydroxyl groups is 1. The Hall–Kier alpha value is -1.42. The van der Waals surface area contributed by atoms with Crippen LogP contribution in [-0.2, 0) is 4.79 Å². The van der Waals surface area contributed by atoms with Crippen LogP contribution in [0.3, 0.4) is 0 Å². The van der Waals surface area contributed by atoms with Crippen molar-refractivity contribution in [2.24, 2.45) is 5.92 Å². The minimum absolute atomic E-state index is 0.148. The summed E-state index contributed by atoms with van der Waals surface area (Å²) < 4.78 is 13.1. The fourth-order valence-corrected chi connectivity index (χ4v) is 1.19. The second kappa shape index (κ2) is 5.46. The third-order valence-electron chi connectivity index (χ3n) is 2.22. The molecular weight excluding hydrogens is 197 g/mol. The number of anilines is 1. The number of benzene rings is 1. The van der Waals surface area contributed by atoms with Crippen molar-refractivity contribution in [2.45, 2.75) is 13.3 Å². The molecule has 1 atom stereocenters. The quantitative estimate of drug-likeness (QED) is 0.797. The van der Waals surface area contributed by atoms with Crippen molar-refractivity contribution in [1.82, 2.24) is 0 Å². The lowest BCUT2D eigenvalue weighted by Crippen LogP contribution is -2.25. The van der Waals surface area contributed by atoms with Crippen LogP contribution in [0.5, 0.6) is 0 Å². The first kappa shape index (κ1) is 11.7. The standard InChI is InChI=1S/C11H14FNO2/c1-2-8(7-14)11(15)13-10-6-4-3-5-9(10)12/h3-6,8,14H,2,7H2,1H3,(H,13,15). The summed E-state index contributed by atoms with van der Waals surface area (Å²) in [5.41, 5.74) is 0.148. The maximum absolute atomic E-state index is 13.1. The van der Waals surface area contributed by atoms with E-state index < -0.39 is 11.7 Å². The number of para-hydroxylation sites is 1. The van der Waals surface area contributed by atoms with Gasteiger partial charge in [-0.1, -0.05) is 19.1 Å². The molecular formula is C11H14FNO2. The summed E-state index contributed by atoms with van der Waals surface area (Å²) >= 11 is 0. The zero-order chi connectivity index (χ0) is 11.3. The fraction of sp³-hybridized carbons (Fsp3) is 0.364. The molecule has 4 heteroatoms. The Bertz CT molecular complexity index is 337. The molecule has 0 spiro atoms. The number of hydrogen-bond donors (Lipinski definition) is 2. The average Bonchev–Trinajstić information content (AvgIpc) is 2.23. The number of hydrogen-bond acceptors (Lipinski definition) is 2. The smallest absolute Gasteiger partial charge is 0.229 e. The summed E-state index contributed by atoms with van der Waals surface area (Å²) in [6.07, 6.45) is 0.525. The predicted octanol–water partition coefficient (Wildman–Crippen LogP) is 1.78. The molecule has 0 aliphatic heterocycles. The average molecular weight is 211 g/mol. The lowest BCUT2D eigenvalue weighted by molar-refractivity contribution is -0.121. The van der Waals surface area contributed by atoms with Crippen LogP contribution < -0.4 is 5.32 Å². The van der Waals surface area contributed by atoms with Gasteiger partial charge in [0, 0.05) is 0 Å². The number of rotatable bonds is 4. The topological polar surface area (TPSA) is 49.3 Å². The van der Waals surface area contributed by atoms with E-state index in [-0.39, 0.29) is 18.2 Å². The lowest BCUT2D eigenvalue weighted by atomic mass is 10.1. The highest BCUT2D eigenvalue weighted by atomic mass is 19.1. The van der Waals surface area contributed by atoms with Crippen LogP contribution in [0.2, 0.25) is 0 Å². The largest absolute Gasteiger partial charge is 0.396 e. The van der Waals surface area contributed by atoms with Crippen molar-refractivity contribution in [1.29, 1.82) is 0 Å². The van der Waals surface area contributed by atoms with Crippen molar-refractivity contribution < 1.29 is 14.3 Å². The van der Waals surface area contributed by atoms with Crippen LogP contribution in [0.25, 0.3) is 0 Å². The SMILES string of the molecule is CCC(CO)C(=O)Nc1ccccc1F. The van der Waals surface area contributed by atoms with E-state index in [1.165, 1.54) is 12.1 Å². The van der Waals surface area contributed by atoms with Crippen molar-refractivity contribution in [3.05, 3.63) is 30.1 Å². The van der Waals surface area contributed by atoms with Crippen LogP contribution in [0.1, 0.15) is 13.3 Å². The molecule has 0 radical (unpaired) electrons. The number of aliphatic hydroxyl groups excluding tert-OH is 1. The first-order valence-corrected chi connectivity index (χ1v) is 4.85. The van der Waals surface area contributed by atoms with Gasteiger partial charge >= 0.3 is 0 Å². The van der Waals surface area contributed by atoms with Crippen molar-refractivity contribution >= 4 is 11.6 Å². The van der Waals surface area contributed by atoms with Gasteiger partial charge in [0.25, 0.3) is 0 Å². The van der Waals surface area contributed by atoms with E-state index in [0.29, 0.717) is 6.42 Å². The molecule has 1 rings (SSSR count). The normalized spacial score (nSPS) is 12.2. The molecule has 1 amide bonds. The number of amides is 1. The van der Waals surface area contributed by atoms with Gasteiger partial charge in [0.15, 0.2) is 0 Å². The van der Waals surface area contributed by atoms with E-state index >= 15 is 0 Å². The van der Waals surface area contributed by atoms with Gasteiger partial charge in [0.2, 0.25) is 5.91 Å². The molecule has 0 bridgehead atoms. The summed E-state index contributed by atoms with van der Waals surface area (Å²) in [6, 6.07) is 5.94. The van der Waals surface area contributed by atoms with E-state index in [4.69, 9.17) is 5.11 Å². The molecule has 0 aliphatic rings. The number of nitrogens with one attached hydrogen (secondary N) is 1. The highest BCUT2D eigenvalue weighted by Gasteiger charge is 2.16. The summed E-state index contributed by atoms with van der Waals surface area (Å²) in [7, 11) is 0. The highest BCUT2D eigenvalue weighted by molar-refractivity contribution is 5.92. The Labute approximate surface area is 87.9 Å². The predicted molar refractivity (Wildman–Crippen MR) is 55.9 cm³/mol. The molecule has 0 heterocycles. The van der Waals surface area contributed by atoms with Crippen LogP contribution in [0.4, 0.5) is 10.1 Å². The molecule has 1 aromatic carbocycles. The second-order valence-electron chi connectivity index (χ2n) is 3.26. The zero-order valence-corrected chi connectivity index (χ0v) is 8.53. The van der Waals surface area contributed by atoms with Gasteiger partial charge in [-0.3, -0.25) is 4.79 Å². The van der Waals surface area contributed by atoms with E-state index in [1.54, 1.807) is 19.1 Å². The molecule has 0 saturated carbocycles. The van der Waals surface area contributed by atoms with Gasteiger partial charge in [0.05, 0.1) is 18.2 Å². The number of carbonyl (C=O) groups excluding carboxylic acids is 1. The number of carbonyl (C=O) groups is 1. The molecule has 0 aromatic heterocycles. The minimum atomic E-state index is -0.482. The third kappa shape index (κ3) is 3.02. The third-order valence-corrected chi connectivity index (χ3v) is 2.22. The van der Waals surface area contributed by atoms with Gasteiger partial charge < -0.3 is 10.4 Å². The molecule has 0 aliphatic carbocycles. The van der Waals surface area contributed by atoms with Gasteiger partial charge in [-0.05, 0) is 18.6 Å². The highest BCUT2D eigenvalue weighted by Crippen LogP contribution is 2.14. The first-order chi connectivity index (χ1) is 7.19. The summed E-state index contributed by atoms with van der Waals surface area (Å²) in [5.74, 6) is -1.31. The van der Waals surface area contributed by atoms with Crippen LogP contribution in [0.15, 0.2) is 24.3 Å². The fourth-order valence-electron chi connectivity index (χ4n) is 1.19. The van der Waals surface area contributed by atoms with E-state index in [0.717, 1.165) is 0 Å². The Morgan fingerprint density at radius 1 is 1.53 bits per heavy atom. The second-order valence-corrected chi connectivity index (χ2v) is 3.26. The van der Waals surface area contributed by atoms with Crippen molar-refractivity contribution in [3.8, 4) is 0 Å². The Morgan fingerprint density at radius 2 is 2.20 bits per heavy atom. The maximum atomic E-state index is 13.1. The zero-order valence-electron chi connectivity index (χ0n) is 8.53. The molecule has 82 valence electrons. The summed E-state index contributed by atoms with van der Waals surface area (Å²) in [5, 5.41) is 11.3. The van der Waals surface area contributed by atoms with Crippen LogP contribution in [0, 0.1) is 11.7 Å². The molecule has 0 saturated heterocycles. The van der Waals surface area contributed by atoms with Crippen LogP contribution >= 0.6 is 0 Å². The van der Waals surface area contributed by atoms with Gasteiger partial charge in [-0.15, -0.1) is 0 Å². The Balaban J connectivity index is 2.70. The van der Waals surface area contributed by atoms with Gasteiger partial charge in [0.1, 0.15) is 5.82 Å². The van der Waals surface area contributed by atoms with Crippen molar-refractivity contribution in [3.63, 3.8) is 0 Å². The molecule has 1 unspecified atom stereocenters. The monoisotopic (exact) mass is 211 g/mol. The van der Waals surface area contributed by atoms with Crippen molar-refractivity contribution in [2.75, 3.05) is 11.9 Å². The van der Waals surface area contributed by atoms with E-state index in [2.05, 4.69) is 5.32 Å². The summed E-state index contributed by atoms with van der Waals surface area (Å²) in [4.78, 5) is 11.5. The van der Waals surface area contributed by atoms with Crippen LogP contribution in [-0.4, -0.2) is 17.6 Å². The summed E-state index contributed by atoms with van der Waals surface area (Å²) in [6.45, 7) is 1.57. The molecule has 0 fully saturated rings. The maximum Gasteiger partial charge on any atom is 0.229 e. The van der Waals surface area contributed by atoms with E-state index in [9.17, 15) is 9.18 Å². The molecule has 1 aromatic rings.